The fourth-order valence-corrected chi connectivity index (χ4v) is 2.33. The Kier molecular flexibility index (Phi) is 7.56. The van der Waals surface area contributed by atoms with Crippen molar-refractivity contribution in [2.24, 2.45) is 0 Å². The molecule has 0 atom stereocenters. The molecule has 0 fully saturated rings. The lowest BCUT2D eigenvalue weighted by Gasteiger charge is -2.09. The zero-order valence-electron chi connectivity index (χ0n) is 15.8. The maximum Gasteiger partial charge on any atom is 0.374 e. The minimum Gasteiger partial charge on any atom is -0.507 e. The third kappa shape index (κ3) is 5.57. The second-order valence-corrected chi connectivity index (χ2v) is 5.85. The maximum atomic E-state index is 12.5. The Morgan fingerprint density at radius 2 is 1.64 bits per heavy atom. The van der Waals surface area contributed by atoms with Gasteiger partial charge in [-0.05, 0) is 36.4 Å². The van der Waals surface area contributed by atoms with E-state index in [2.05, 4.69) is 0 Å². The summed E-state index contributed by atoms with van der Waals surface area (Å²) < 4.78 is 15.3. The molecular formula is C21H22O7. The van der Waals surface area contributed by atoms with Crippen LogP contribution in [0, 0.1) is 0 Å². The molecule has 0 spiro atoms. The summed E-state index contributed by atoms with van der Waals surface area (Å²) in [7, 11) is 1.54. The van der Waals surface area contributed by atoms with E-state index in [9.17, 15) is 19.5 Å². The third-order valence-corrected chi connectivity index (χ3v) is 3.91. The molecule has 0 radical (unpaired) electrons. The molecule has 0 heterocycles. The fourth-order valence-electron chi connectivity index (χ4n) is 2.33. The van der Waals surface area contributed by atoms with E-state index in [-0.39, 0.29) is 36.7 Å². The number of phenols is 1. The summed E-state index contributed by atoms with van der Waals surface area (Å²) in [5, 5.41) is 10.2. The lowest BCUT2D eigenvalue weighted by molar-refractivity contribution is -0.153. The van der Waals surface area contributed by atoms with Gasteiger partial charge in [0.25, 0.3) is 0 Å². The largest absolute Gasteiger partial charge is 0.507 e. The highest BCUT2D eigenvalue weighted by atomic mass is 16.5. The van der Waals surface area contributed by atoms with E-state index in [0.29, 0.717) is 23.5 Å². The van der Waals surface area contributed by atoms with E-state index in [1.165, 1.54) is 19.2 Å². The molecule has 7 heteroatoms. The van der Waals surface area contributed by atoms with Gasteiger partial charge >= 0.3 is 5.97 Å². The number of carbonyl (C=O) groups is 3. The zero-order chi connectivity index (χ0) is 20.5. The van der Waals surface area contributed by atoms with Gasteiger partial charge in [0.2, 0.25) is 5.78 Å². The molecule has 0 aromatic heterocycles. The van der Waals surface area contributed by atoms with E-state index >= 15 is 0 Å². The Hall–Kier alpha value is -3.35. The summed E-state index contributed by atoms with van der Waals surface area (Å²) in [6, 6.07) is 11.0. The summed E-state index contributed by atoms with van der Waals surface area (Å²) in [4.78, 5) is 34.8. The summed E-state index contributed by atoms with van der Waals surface area (Å²) in [5.74, 6) is -0.920. The number of aromatic hydroxyl groups is 1. The van der Waals surface area contributed by atoms with Crippen molar-refractivity contribution in [1.29, 1.82) is 0 Å². The molecule has 1 N–H and O–H groups in total. The van der Waals surface area contributed by atoms with Crippen LogP contribution < -0.4 is 9.47 Å². The number of benzene rings is 2. The molecule has 0 amide bonds. The lowest BCUT2D eigenvalue weighted by atomic mass is 10.0. The number of carbonyl (C=O) groups excluding carboxylic acids is 3. The van der Waals surface area contributed by atoms with Crippen molar-refractivity contribution >= 4 is 17.5 Å². The minimum absolute atomic E-state index is 0.0601. The number of phenolic OH excluding ortho intramolecular Hbond substituents is 1. The van der Waals surface area contributed by atoms with E-state index in [0.717, 1.165) is 0 Å². The number of Topliss-reactive ketones (excluding diaryl/α,β-unsaturated/α-hetero) is 1. The van der Waals surface area contributed by atoms with Crippen molar-refractivity contribution in [3.63, 3.8) is 0 Å². The van der Waals surface area contributed by atoms with Crippen molar-refractivity contribution in [2.45, 2.75) is 19.8 Å². The summed E-state index contributed by atoms with van der Waals surface area (Å²) in [6.07, 6.45) is 0.492. The van der Waals surface area contributed by atoms with Crippen LogP contribution in [0.4, 0.5) is 0 Å². The van der Waals surface area contributed by atoms with Gasteiger partial charge in [-0.3, -0.25) is 9.59 Å². The number of esters is 1. The first-order valence-electron chi connectivity index (χ1n) is 8.80. The lowest BCUT2D eigenvalue weighted by Crippen LogP contribution is -2.17. The van der Waals surface area contributed by atoms with Crippen LogP contribution >= 0.6 is 0 Å². The highest BCUT2D eigenvalue weighted by Crippen LogP contribution is 2.26. The van der Waals surface area contributed by atoms with Crippen LogP contribution in [0.5, 0.6) is 17.2 Å². The van der Waals surface area contributed by atoms with Gasteiger partial charge in [-0.1, -0.05) is 6.92 Å². The van der Waals surface area contributed by atoms with E-state index < -0.39 is 11.8 Å². The number of hydrogen-bond acceptors (Lipinski definition) is 7. The molecule has 2 aromatic carbocycles. The molecule has 7 nitrogen and oxygen atoms in total. The quantitative estimate of drug-likeness (QED) is 0.290. The van der Waals surface area contributed by atoms with Gasteiger partial charge in [0.1, 0.15) is 17.2 Å². The van der Waals surface area contributed by atoms with Gasteiger partial charge < -0.3 is 19.3 Å². The topological polar surface area (TPSA) is 99.1 Å². The van der Waals surface area contributed by atoms with E-state index in [1.54, 1.807) is 37.3 Å². The highest BCUT2D eigenvalue weighted by Gasteiger charge is 2.15. The second-order valence-electron chi connectivity index (χ2n) is 5.85. The average Bonchev–Trinajstić information content (AvgIpc) is 2.72. The van der Waals surface area contributed by atoms with E-state index in [1.807, 2.05) is 0 Å². The van der Waals surface area contributed by atoms with Gasteiger partial charge in [-0.25, -0.2) is 4.79 Å². The average molecular weight is 386 g/mol. The molecule has 2 rings (SSSR count). The van der Waals surface area contributed by atoms with Gasteiger partial charge in [0.05, 0.1) is 25.9 Å². The van der Waals surface area contributed by atoms with Crippen LogP contribution in [-0.4, -0.2) is 43.0 Å². The molecule has 28 heavy (non-hydrogen) atoms. The van der Waals surface area contributed by atoms with Crippen molar-refractivity contribution in [1.82, 2.24) is 0 Å². The Morgan fingerprint density at radius 3 is 2.25 bits per heavy atom. The Labute approximate surface area is 162 Å². The highest BCUT2D eigenvalue weighted by molar-refractivity contribution is 6.33. The Bertz CT molecular complexity index is 840. The summed E-state index contributed by atoms with van der Waals surface area (Å²) >= 11 is 0. The molecule has 0 saturated carbocycles. The van der Waals surface area contributed by atoms with Crippen LogP contribution in [0.15, 0.2) is 42.5 Å². The van der Waals surface area contributed by atoms with Crippen LogP contribution in [0.2, 0.25) is 0 Å². The number of rotatable bonds is 10. The third-order valence-electron chi connectivity index (χ3n) is 3.91. The van der Waals surface area contributed by atoms with Crippen LogP contribution in [-0.2, 0) is 14.3 Å². The Morgan fingerprint density at radius 1 is 0.964 bits per heavy atom. The standard InChI is InChI=1S/C21H22O7/c1-3-18(22)21(25)28-12-4-11-27-16-9-10-17(19(23)13-16)20(24)14-5-7-15(26-2)8-6-14/h5-10,13,23H,3-4,11-12H2,1-2H3. The number of hydrogen-bond donors (Lipinski definition) is 1. The molecule has 2 aromatic rings. The predicted octanol–water partition coefficient (Wildman–Crippen LogP) is 2.92. The molecule has 0 unspecified atom stereocenters. The van der Waals surface area contributed by atoms with Crippen molar-refractivity contribution in [3.05, 3.63) is 53.6 Å². The second kappa shape index (κ2) is 10.1. The van der Waals surface area contributed by atoms with Gasteiger partial charge in [-0.15, -0.1) is 0 Å². The van der Waals surface area contributed by atoms with E-state index in [4.69, 9.17) is 14.2 Å². The molecule has 0 aliphatic rings. The van der Waals surface area contributed by atoms with Crippen LogP contribution in [0.1, 0.15) is 35.7 Å². The predicted molar refractivity (Wildman–Crippen MR) is 101 cm³/mol. The van der Waals surface area contributed by atoms with Crippen molar-refractivity contribution in [3.8, 4) is 17.2 Å². The maximum absolute atomic E-state index is 12.5. The molecule has 0 bridgehead atoms. The monoisotopic (exact) mass is 386 g/mol. The van der Waals surface area contributed by atoms with Crippen LogP contribution in [0.3, 0.4) is 0 Å². The first-order chi connectivity index (χ1) is 13.5. The molecule has 0 aliphatic carbocycles. The number of ether oxygens (including phenoxy) is 3. The molecular weight excluding hydrogens is 364 g/mol. The molecule has 0 saturated heterocycles. The summed E-state index contributed by atoms with van der Waals surface area (Å²) in [5.41, 5.74) is 0.581. The van der Waals surface area contributed by atoms with Crippen molar-refractivity contribution in [2.75, 3.05) is 20.3 Å². The zero-order valence-corrected chi connectivity index (χ0v) is 15.8. The number of methoxy groups -OCH3 is 1. The van der Waals surface area contributed by atoms with Gasteiger partial charge in [0.15, 0.2) is 5.78 Å². The number of ketones is 2. The fraction of sp³-hybridized carbons (Fsp3) is 0.286. The van der Waals surface area contributed by atoms with Crippen LogP contribution in [0.25, 0.3) is 0 Å². The normalized spacial score (nSPS) is 10.2. The summed E-state index contributed by atoms with van der Waals surface area (Å²) in [6.45, 7) is 1.87. The SMILES string of the molecule is CCC(=O)C(=O)OCCCOc1ccc(C(=O)c2ccc(OC)cc2)c(O)c1. The first kappa shape index (κ1) is 21.0. The smallest absolute Gasteiger partial charge is 0.374 e. The van der Waals surface area contributed by atoms with Gasteiger partial charge in [-0.2, -0.15) is 0 Å². The van der Waals surface area contributed by atoms with Crippen molar-refractivity contribution < 1.29 is 33.7 Å². The minimum atomic E-state index is -0.846. The Balaban J connectivity index is 1.88. The molecule has 148 valence electrons. The molecule has 0 aliphatic heterocycles. The first-order valence-corrected chi connectivity index (χ1v) is 8.80. The van der Waals surface area contributed by atoms with Gasteiger partial charge in [0, 0.05) is 24.5 Å².